The van der Waals surface area contributed by atoms with Crippen LogP contribution in [0.5, 0.6) is 0 Å². The summed E-state index contributed by atoms with van der Waals surface area (Å²) < 4.78 is 68.5. The van der Waals surface area contributed by atoms with Crippen LogP contribution in [0.25, 0.3) is 0 Å². The molecule has 5 atom stereocenters. The number of hydrogen-bond donors (Lipinski definition) is 3. The van der Waals surface area contributed by atoms with Crippen LogP contribution in [0.2, 0.25) is 0 Å². The van der Waals surface area contributed by atoms with Crippen molar-refractivity contribution in [3.8, 4) is 0 Å². The lowest BCUT2D eigenvalue weighted by molar-refractivity contribution is -0.161. The minimum Gasteiger partial charge on any atom is -0.462 e. The van der Waals surface area contributed by atoms with E-state index in [1.54, 1.807) is 0 Å². The third-order valence-corrected chi connectivity index (χ3v) is 18.0. The molecule has 0 aliphatic carbocycles. The van der Waals surface area contributed by atoms with Crippen LogP contribution in [0.15, 0.2) is 134 Å². The summed E-state index contributed by atoms with van der Waals surface area (Å²) in [6.45, 7) is 4.45. The highest BCUT2D eigenvalue weighted by molar-refractivity contribution is 7.47. The van der Waals surface area contributed by atoms with Crippen LogP contribution in [-0.2, 0) is 65.4 Å². The Labute approximate surface area is 618 Å². The fraction of sp³-hybridized carbons (Fsp3) is 0.687. The minimum absolute atomic E-state index is 0.0368. The maximum absolute atomic E-state index is 13.1. The summed E-state index contributed by atoms with van der Waals surface area (Å²) >= 11 is 0. The largest absolute Gasteiger partial charge is 0.472 e. The van der Waals surface area contributed by atoms with E-state index in [0.717, 1.165) is 161 Å². The van der Waals surface area contributed by atoms with E-state index in [2.05, 4.69) is 161 Å². The van der Waals surface area contributed by atoms with Gasteiger partial charge in [0.25, 0.3) is 0 Å². The number of aliphatic hydroxyl groups excluding tert-OH is 1. The Morgan fingerprint density at radius 1 is 0.284 bits per heavy atom. The minimum atomic E-state index is -5.00. The lowest BCUT2D eigenvalue weighted by atomic mass is 10.0. The van der Waals surface area contributed by atoms with Gasteiger partial charge in [0.2, 0.25) is 0 Å². The first-order valence-corrected chi connectivity index (χ1v) is 42.4. The first-order chi connectivity index (χ1) is 49.7. The molecule has 0 aromatic heterocycles. The molecule has 102 heavy (non-hydrogen) atoms. The van der Waals surface area contributed by atoms with Crippen LogP contribution < -0.4 is 0 Å². The fourth-order valence-corrected chi connectivity index (χ4v) is 11.8. The molecule has 0 spiro atoms. The molecule has 0 saturated carbocycles. The number of aliphatic hydroxyl groups is 1. The zero-order chi connectivity index (χ0) is 74.6. The van der Waals surface area contributed by atoms with Crippen molar-refractivity contribution in [3.05, 3.63) is 134 Å². The van der Waals surface area contributed by atoms with Crippen LogP contribution in [0.4, 0.5) is 0 Å². The van der Waals surface area contributed by atoms with Crippen molar-refractivity contribution in [3.63, 3.8) is 0 Å². The second-order valence-corrected chi connectivity index (χ2v) is 28.8. The van der Waals surface area contributed by atoms with Crippen molar-refractivity contribution in [1.29, 1.82) is 0 Å². The van der Waals surface area contributed by atoms with Gasteiger partial charge in [-0.2, -0.15) is 0 Å². The van der Waals surface area contributed by atoms with Crippen LogP contribution in [-0.4, -0.2) is 96.7 Å². The highest BCUT2D eigenvalue weighted by Crippen LogP contribution is 2.45. The molecule has 0 radical (unpaired) electrons. The number of carbonyl (C=O) groups is 4. The molecule has 0 aromatic rings. The Kier molecular flexibility index (Phi) is 71.0. The molecular formula is C83H140O17P2. The van der Waals surface area contributed by atoms with Gasteiger partial charge in [-0.05, 0) is 135 Å². The van der Waals surface area contributed by atoms with Gasteiger partial charge < -0.3 is 33.8 Å². The number of hydrogen-bond acceptors (Lipinski definition) is 15. The van der Waals surface area contributed by atoms with Gasteiger partial charge in [-0.15, -0.1) is 0 Å². The second kappa shape index (κ2) is 74.5. The van der Waals surface area contributed by atoms with Crippen molar-refractivity contribution >= 4 is 39.5 Å². The maximum Gasteiger partial charge on any atom is 0.472 e. The first kappa shape index (κ1) is 97.2. The van der Waals surface area contributed by atoms with Crippen LogP contribution >= 0.6 is 15.6 Å². The van der Waals surface area contributed by atoms with Gasteiger partial charge in [-0.1, -0.05) is 283 Å². The monoisotopic (exact) mass is 1470 g/mol. The summed E-state index contributed by atoms with van der Waals surface area (Å²) in [4.78, 5) is 73.0. The molecule has 0 fully saturated rings. The van der Waals surface area contributed by atoms with Crippen molar-refractivity contribution < 1.29 is 80.2 Å². The molecule has 0 aliphatic rings. The number of allylic oxidation sites excluding steroid dienone is 22. The number of unbranched alkanes of at least 4 members (excludes halogenated alkanes) is 25. The predicted molar refractivity (Wildman–Crippen MR) is 418 cm³/mol. The third-order valence-electron chi connectivity index (χ3n) is 16.1. The molecule has 0 aliphatic heterocycles. The van der Waals surface area contributed by atoms with E-state index in [9.17, 15) is 43.2 Å². The van der Waals surface area contributed by atoms with Gasteiger partial charge in [-0.3, -0.25) is 37.3 Å². The standard InChI is InChI=1S/C83H140O17P2/c1-5-9-13-17-21-25-29-33-37-38-42-44-48-52-56-60-64-68-81(86)94-74-79(100-83(88)70-66-62-58-54-50-46-41-36-32-28-24-20-16-12-8-4)76-98-102(91,92)96-72-77(84)71-95-101(89,90)97-75-78(99-82(87)69-65-61-57-53-49-45-40-35-31-27-23-19-15-11-7-3)73-93-80(85)67-63-59-55-51-47-43-39-34-30-26-22-18-14-10-6-2/h9-10,12-14,16,21-22,24-26,28,33-34,36-37,39,41,47,50-51,54,77-79,84H,5-8,11,15,17-20,23,27,29-32,35,38,40,42-46,48-49,52-53,55-76H2,1-4H3,(H,89,90)(H,91,92)/b13-9-,14-10-,16-12-,25-21-,26-22-,28-24-,37-33-,39-34-,41-36-,51-47-,54-50-. The van der Waals surface area contributed by atoms with Crippen molar-refractivity contribution in [2.24, 2.45) is 0 Å². The summed E-state index contributed by atoms with van der Waals surface area (Å²) in [5.74, 6) is -2.28. The van der Waals surface area contributed by atoms with Gasteiger partial charge in [0.05, 0.1) is 26.4 Å². The third kappa shape index (κ3) is 73.5. The van der Waals surface area contributed by atoms with E-state index >= 15 is 0 Å². The van der Waals surface area contributed by atoms with E-state index in [0.29, 0.717) is 32.1 Å². The zero-order valence-corrected chi connectivity index (χ0v) is 65.5. The zero-order valence-electron chi connectivity index (χ0n) is 63.7. The lowest BCUT2D eigenvalue weighted by Crippen LogP contribution is -2.30. The molecule has 0 saturated heterocycles. The molecule has 0 amide bonds. The molecule has 0 aromatic carbocycles. The van der Waals surface area contributed by atoms with Crippen LogP contribution in [0, 0.1) is 0 Å². The molecule has 0 bridgehead atoms. The quantitative estimate of drug-likeness (QED) is 0.0169. The Bertz CT molecular complexity index is 2460. The Morgan fingerprint density at radius 2 is 0.510 bits per heavy atom. The van der Waals surface area contributed by atoms with Crippen molar-refractivity contribution in [1.82, 2.24) is 0 Å². The Balaban J connectivity index is 5.42. The van der Waals surface area contributed by atoms with Gasteiger partial charge in [0, 0.05) is 25.7 Å². The van der Waals surface area contributed by atoms with Gasteiger partial charge in [0.15, 0.2) is 12.2 Å². The number of esters is 4. The number of ether oxygens (including phenoxy) is 4. The number of phosphoric ester groups is 2. The highest BCUT2D eigenvalue weighted by atomic mass is 31.2. The molecule has 5 unspecified atom stereocenters. The summed E-state index contributed by atoms with van der Waals surface area (Å²) in [5.41, 5.74) is 0. The molecule has 584 valence electrons. The normalized spacial score (nSPS) is 14.6. The second-order valence-electron chi connectivity index (χ2n) is 25.9. The van der Waals surface area contributed by atoms with E-state index in [-0.39, 0.29) is 25.7 Å². The number of carbonyl (C=O) groups excluding carboxylic acids is 4. The molecule has 3 N–H and O–H groups in total. The molecule has 0 heterocycles. The number of rotatable bonds is 73. The average Bonchev–Trinajstić information content (AvgIpc) is 0.926. The van der Waals surface area contributed by atoms with Crippen molar-refractivity contribution in [2.75, 3.05) is 39.6 Å². The van der Waals surface area contributed by atoms with Crippen molar-refractivity contribution in [2.45, 2.75) is 329 Å². The molecular weight excluding hydrogens is 1330 g/mol. The first-order valence-electron chi connectivity index (χ1n) is 39.4. The SMILES string of the molecule is CC/C=C\C/C=C\C/C=C\C/C=C\CCCCC(=O)OCC(COP(=O)(O)OCC(O)COP(=O)(O)OCC(COC(=O)CCCCCCCCC/C=C\C/C=C\C/C=C\CC)OC(=O)CCCC/C=C\C/C=C\C/C=C\C/C=C\CC)OC(=O)CCCCCCCCCCCCCCCCC. The lowest BCUT2D eigenvalue weighted by Gasteiger charge is -2.21. The Morgan fingerprint density at radius 3 is 0.804 bits per heavy atom. The fourth-order valence-electron chi connectivity index (χ4n) is 10.2. The Hall–Kier alpha value is -4.80. The van der Waals surface area contributed by atoms with E-state index in [1.807, 2.05) is 0 Å². The highest BCUT2D eigenvalue weighted by Gasteiger charge is 2.30. The predicted octanol–water partition coefficient (Wildman–Crippen LogP) is 22.9. The number of phosphoric acid groups is 2. The van der Waals surface area contributed by atoms with Crippen LogP contribution in [0.3, 0.4) is 0 Å². The van der Waals surface area contributed by atoms with Gasteiger partial charge in [0.1, 0.15) is 19.3 Å². The molecule has 0 rings (SSSR count). The van der Waals surface area contributed by atoms with Gasteiger partial charge >= 0.3 is 39.5 Å². The molecule has 19 heteroatoms. The van der Waals surface area contributed by atoms with E-state index in [1.165, 1.54) is 64.2 Å². The molecule has 17 nitrogen and oxygen atoms in total. The average molecular weight is 1470 g/mol. The topological polar surface area (TPSA) is 237 Å². The smallest absolute Gasteiger partial charge is 0.462 e. The summed E-state index contributed by atoms with van der Waals surface area (Å²) in [6, 6.07) is 0. The summed E-state index contributed by atoms with van der Waals surface area (Å²) in [5, 5.41) is 10.6. The van der Waals surface area contributed by atoms with E-state index in [4.69, 9.17) is 37.0 Å². The van der Waals surface area contributed by atoms with Crippen LogP contribution in [0.1, 0.15) is 310 Å². The van der Waals surface area contributed by atoms with E-state index < -0.39 is 97.5 Å². The maximum atomic E-state index is 13.1. The van der Waals surface area contributed by atoms with Gasteiger partial charge in [-0.25, -0.2) is 9.13 Å². The summed E-state index contributed by atoms with van der Waals surface area (Å²) in [7, 11) is -9.98. The summed E-state index contributed by atoms with van der Waals surface area (Å²) in [6.07, 6.45) is 83.0.